The zero-order valence-corrected chi connectivity index (χ0v) is 32.2. The number of nitrogens with zero attached hydrogens (tertiary/aromatic N) is 8. The minimum atomic E-state index is -0.165. The van der Waals surface area contributed by atoms with E-state index in [9.17, 15) is 5.11 Å². The van der Waals surface area contributed by atoms with Crippen molar-refractivity contribution < 1.29 is 5.11 Å². The highest BCUT2D eigenvalue weighted by Crippen LogP contribution is 2.30. The first-order valence-corrected chi connectivity index (χ1v) is 20.0. The number of hydrogen-bond donors (Lipinski definition) is 3. The first-order valence-electron chi connectivity index (χ1n) is 20.0. The topological polar surface area (TPSA) is 131 Å². The highest BCUT2D eigenvalue weighted by Gasteiger charge is 2.22. The number of nitrogens with one attached hydrogen (secondary N) is 2. The van der Waals surface area contributed by atoms with Gasteiger partial charge >= 0.3 is 0 Å². The quantitative estimate of drug-likeness (QED) is 0.133. The fourth-order valence-corrected chi connectivity index (χ4v) is 8.02. The van der Waals surface area contributed by atoms with Crippen LogP contribution in [-0.2, 0) is 45.4 Å². The number of hydrogen-bond acceptors (Lipinski definition) is 9. The summed E-state index contributed by atoms with van der Waals surface area (Å²) in [5, 5.41) is 17.0. The van der Waals surface area contributed by atoms with Crippen molar-refractivity contribution in [3.8, 4) is 11.9 Å². The van der Waals surface area contributed by atoms with Gasteiger partial charge in [0.2, 0.25) is 11.9 Å². The van der Waals surface area contributed by atoms with Crippen molar-refractivity contribution >= 4 is 33.7 Å². The third-order valence-electron chi connectivity index (χ3n) is 10.8. The van der Waals surface area contributed by atoms with Crippen molar-refractivity contribution in [1.29, 1.82) is 0 Å². The molecule has 4 aromatic heterocycles. The molecule has 286 valence electrons. The van der Waals surface area contributed by atoms with E-state index >= 15 is 0 Å². The molecule has 3 N–H and O–H groups in total. The van der Waals surface area contributed by atoms with Crippen LogP contribution in [0.2, 0.25) is 0 Å². The van der Waals surface area contributed by atoms with Crippen LogP contribution in [0.5, 0.6) is 0 Å². The van der Waals surface area contributed by atoms with Crippen molar-refractivity contribution in [1.82, 2.24) is 39.0 Å². The Morgan fingerprint density at radius 1 is 0.509 bits per heavy atom. The molecule has 0 amide bonds. The van der Waals surface area contributed by atoms with Gasteiger partial charge in [-0.05, 0) is 93.7 Å². The Hall–Kier alpha value is -6.46. The highest BCUT2D eigenvalue weighted by molar-refractivity contribution is 5.78. The number of aryl methyl sites for hydroxylation is 3. The molecule has 0 unspecified atom stereocenters. The van der Waals surface area contributed by atoms with E-state index in [1.165, 1.54) is 40.8 Å². The van der Waals surface area contributed by atoms with Crippen LogP contribution in [-0.4, -0.2) is 44.1 Å². The Balaban J connectivity index is 0.000000148. The first kappa shape index (κ1) is 36.2. The lowest BCUT2D eigenvalue weighted by Gasteiger charge is -2.20. The zero-order valence-electron chi connectivity index (χ0n) is 32.2. The standard InChI is InChI=1S/C23H23N5O.C23H23N5/c29-15-21-25-19-12-6-7-13-20(19)28(21)23-26-18-11-5-4-10-17(18)22(27-23)24-14-16-8-2-1-3-9-16;1-16-25-20-13-7-8-14-21(20)28(16)23-26-19-12-6-5-11-18(19)22(27-23)24-15-17-9-3-2-4-10-17/h1-3,6-9,12-13,29H,4-5,10-11,14-15H2,(H,24,26,27);2-4,7-10,13-14H,5-6,11-12,15H2,1H3,(H,24,26,27). The van der Waals surface area contributed by atoms with Gasteiger partial charge in [0.15, 0.2) is 0 Å². The second-order valence-corrected chi connectivity index (χ2v) is 14.7. The second-order valence-electron chi connectivity index (χ2n) is 14.7. The summed E-state index contributed by atoms with van der Waals surface area (Å²) in [7, 11) is 0. The van der Waals surface area contributed by atoms with Gasteiger partial charge in [0, 0.05) is 24.2 Å². The molecular weight excluding hydrogens is 709 g/mol. The van der Waals surface area contributed by atoms with E-state index in [0.717, 1.165) is 90.3 Å². The highest BCUT2D eigenvalue weighted by atomic mass is 16.3. The number of benzene rings is 4. The Bertz CT molecular complexity index is 2650. The number of para-hydroxylation sites is 4. The van der Waals surface area contributed by atoms with E-state index in [-0.39, 0.29) is 6.61 Å². The summed E-state index contributed by atoms with van der Waals surface area (Å²) in [6.45, 7) is 3.32. The molecule has 4 heterocycles. The molecule has 2 aliphatic carbocycles. The zero-order chi connectivity index (χ0) is 38.6. The van der Waals surface area contributed by atoms with Gasteiger partial charge in [-0.3, -0.25) is 9.13 Å². The average molecular weight is 755 g/mol. The van der Waals surface area contributed by atoms with Gasteiger partial charge in [-0.15, -0.1) is 0 Å². The normalized spacial score (nSPS) is 13.4. The monoisotopic (exact) mass is 754 g/mol. The molecule has 2 aliphatic rings. The van der Waals surface area contributed by atoms with Crippen LogP contribution in [0.1, 0.15) is 71.0 Å². The predicted octanol–water partition coefficient (Wildman–Crippen LogP) is 8.41. The lowest BCUT2D eigenvalue weighted by molar-refractivity contribution is 0.269. The number of imidazole rings is 2. The van der Waals surface area contributed by atoms with Crippen molar-refractivity contribution in [2.45, 2.75) is 78.0 Å². The van der Waals surface area contributed by atoms with Gasteiger partial charge in [0.1, 0.15) is 29.9 Å². The molecule has 4 aromatic carbocycles. The van der Waals surface area contributed by atoms with Crippen LogP contribution in [0.15, 0.2) is 109 Å². The summed E-state index contributed by atoms with van der Waals surface area (Å²) in [6, 6.07) is 36.8. The van der Waals surface area contributed by atoms with E-state index in [0.29, 0.717) is 24.3 Å². The maximum atomic E-state index is 9.89. The molecule has 8 aromatic rings. The van der Waals surface area contributed by atoms with Crippen LogP contribution < -0.4 is 10.6 Å². The molecule has 11 heteroatoms. The number of rotatable bonds is 9. The lowest BCUT2D eigenvalue weighted by Crippen LogP contribution is -2.16. The van der Waals surface area contributed by atoms with Crippen molar-refractivity contribution in [2.75, 3.05) is 10.6 Å². The minimum Gasteiger partial charge on any atom is -0.388 e. The molecule has 0 spiro atoms. The van der Waals surface area contributed by atoms with Gasteiger partial charge in [-0.1, -0.05) is 84.9 Å². The predicted molar refractivity (Wildman–Crippen MR) is 225 cm³/mol. The smallest absolute Gasteiger partial charge is 0.237 e. The Morgan fingerprint density at radius 2 is 0.965 bits per heavy atom. The SMILES string of the molecule is Cc1nc2ccccc2n1-c1nc2c(c(NCc3ccccc3)n1)CCCC2.OCc1nc2ccccc2n1-c1nc2c(c(NCc3ccccc3)n1)CCCC2. The van der Waals surface area contributed by atoms with E-state index in [1.807, 2.05) is 78.2 Å². The molecule has 0 aliphatic heterocycles. The maximum Gasteiger partial charge on any atom is 0.237 e. The number of fused-ring (bicyclic) bond motifs is 4. The van der Waals surface area contributed by atoms with Crippen LogP contribution in [0.25, 0.3) is 34.0 Å². The number of aromatic nitrogens is 8. The minimum absolute atomic E-state index is 0.165. The van der Waals surface area contributed by atoms with E-state index in [2.05, 4.69) is 67.6 Å². The molecule has 0 saturated heterocycles. The van der Waals surface area contributed by atoms with Gasteiger partial charge in [-0.2, -0.15) is 9.97 Å². The summed E-state index contributed by atoms with van der Waals surface area (Å²) in [4.78, 5) is 28.9. The summed E-state index contributed by atoms with van der Waals surface area (Å²) in [6.07, 6.45) is 8.67. The molecular formula is C46H46N10O. The Labute approximate surface area is 332 Å². The van der Waals surface area contributed by atoms with Crippen molar-refractivity contribution in [3.63, 3.8) is 0 Å². The molecule has 0 fully saturated rings. The molecule has 10 rings (SSSR count). The third-order valence-corrected chi connectivity index (χ3v) is 10.8. The largest absolute Gasteiger partial charge is 0.388 e. The fourth-order valence-electron chi connectivity index (χ4n) is 8.02. The fraction of sp³-hybridized carbons (Fsp3) is 0.261. The summed E-state index contributed by atoms with van der Waals surface area (Å²) >= 11 is 0. The van der Waals surface area contributed by atoms with Gasteiger partial charge in [0.25, 0.3) is 0 Å². The van der Waals surface area contributed by atoms with Crippen molar-refractivity contribution in [2.24, 2.45) is 0 Å². The molecule has 0 atom stereocenters. The van der Waals surface area contributed by atoms with Crippen LogP contribution in [0.4, 0.5) is 11.6 Å². The van der Waals surface area contributed by atoms with E-state index < -0.39 is 0 Å². The lowest BCUT2D eigenvalue weighted by atomic mass is 9.96. The van der Waals surface area contributed by atoms with Gasteiger partial charge < -0.3 is 15.7 Å². The Kier molecular flexibility index (Phi) is 10.4. The van der Waals surface area contributed by atoms with E-state index in [1.54, 1.807) is 0 Å². The second kappa shape index (κ2) is 16.3. The van der Waals surface area contributed by atoms with Crippen molar-refractivity contribution in [3.05, 3.63) is 154 Å². The van der Waals surface area contributed by atoms with Gasteiger partial charge in [0.05, 0.1) is 33.5 Å². The molecule has 0 saturated carbocycles. The number of anilines is 2. The summed E-state index contributed by atoms with van der Waals surface area (Å²) < 4.78 is 3.94. The van der Waals surface area contributed by atoms with E-state index in [4.69, 9.17) is 19.9 Å². The first-order chi connectivity index (χ1) is 28.1. The number of aliphatic hydroxyl groups is 1. The molecule has 0 bridgehead atoms. The van der Waals surface area contributed by atoms with Gasteiger partial charge in [-0.25, -0.2) is 19.9 Å². The molecule has 11 nitrogen and oxygen atoms in total. The summed E-state index contributed by atoms with van der Waals surface area (Å²) in [5.41, 5.74) is 11.0. The summed E-state index contributed by atoms with van der Waals surface area (Å²) in [5.74, 6) is 4.58. The van der Waals surface area contributed by atoms with Crippen LogP contribution in [0.3, 0.4) is 0 Å². The maximum absolute atomic E-state index is 9.89. The van der Waals surface area contributed by atoms with Crippen LogP contribution in [0, 0.1) is 6.92 Å². The number of aliphatic hydroxyl groups excluding tert-OH is 1. The molecule has 57 heavy (non-hydrogen) atoms. The average Bonchev–Trinajstić information content (AvgIpc) is 3.82. The van der Waals surface area contributed by atoms with Crippen LogP contribution >= 0.6 is 0 Å². The Morgan fingerprint density at radius 3 is 1.51 bits per heavy atom. The third kappa shape index (κ3) is 7.58. The molecule has 0 radical (unpaired) electrons.